The topological polar surface area (TPSA) is 50.3 Å². The van der Waals surface area contributed by atoms with E-state index in [0.717, 1.165) is 36.8 Å². The molecule has 0 amide bonds. The highest BCUT2D eigenvalue weighted by Crippen LogP contribution is 2.08. The molecule has 1 aromatic rings. The number of methoxy groups -OCH3 is 1. The van der Waals surface area contributed by atoms with Crippen LogP contribution in [0.3, 0.4) is 0 Å². The van der Waals surface area contributed by atoms with Crippen LogP contribution in [0, 0.1) is 0 Å². The van der Waals surface area contributed by atoms with E-state index in [4.69, 9.17) is 4.74 Å². The van der Waals surface area contributed by atoms with Crippen LogP contribution in [0.5, 0.6) is 0 Å². The first-order valence-electron chi connectivity index (χ1n) is 5.90. The molecule has 0 saturated heterocycles. The van der Waals surface area contributed by atoms with Crippen LogP contribution in [0.2, 0.25) is 0 Å². The van der Waals surface area contributed by atoms with Crippen LogP contribution < -0.4 is 5.32 Å². The van der Waals surface area contributed by atoms with Crippen molar-refractivity contribution >= 4 is 5.82 Å². The van der Waals surface area contributed by atoms with E-state index < -0.39 is 0 Å². The van der Waals surface area contributed by atoms with Crippen molar-refractivity contribution in [1.82, 2.24) is 14.9 Å². The Morgan fingerprint density at radius 3 is 2.71 bits per heavy atom. The zero-order valence-electron chi connectivity index (χ0n) is 11.2. The van der Waals surface area contributed by atoms with Gasteiger partial charge >= 0.3 is 0 Å². The smallest absolute Gasteiger partial charge is 0.132 e. The number of ether oxygens (including phenoxy) is 1. The van der Waals surface area contributed by atoms with Crippen molar-refractivity contribution < 1.29 is 4.74 Å². The molecule has 5 heteroatoms. The van der Waals surface area contributed by atoms with Gasteiger partial charge in [-0.25, -0.2) is 9.97 Å². The lowest BCUT2D eigenvalue weighted by Crippen LogP contribution is -2.17. The van der Waals surface area contributed by atoms with E-state index in [1.165, 1.54) is 0 Å². The molecule has 0 aliphatic heterocycles. The molecule has 0 bridgehead atoms. The summed E-state index contributed by atoms with van der Waals surface area (Å²) in [6.45, 7) is 4.38. The van der Waals surface area contributed by atoms with E-state index in [2.05, 4.69) is 27.1 Å². The van der Waals surface area contributed by atoms with Gasteiger partial charge in [0.25, 0.3) is 0 Å². The highest BCUT2D eigenvalue weighted by molar-refractivity contribution is 5.35. The minimum Gasteiger partial charge on any atom is -0.378 e. The third-order valence-electron chi connectivity index (χ3n) is 2.26. The predicted molar refractivity (Wildman–Crippen MR) is 69.2 cm³/mol. The maximum atomic E-state index is 5.11. The molecule has 1 rings (SSSR count). The number of anilines is 1. The molecule has 0 aliphatic carbocycles. The minimum absolute atomic E-state index is 0.524. The van der Waals surface area contributed by atoms with Crippen molar-refractivity contribution in [3.63, 3.8) is 0 Å². The van der Waals surface area contributed by atoms with Crippen LogP contribution in [-0.4, -0.2) is 49.2 Å². The quantitative estimate of drug-likeness (QED) is 0.772. The Labute approximate surface area is 103 Å². The maximum Gasteiger partial charge on any atom is 0.132 e. The fourth-order valence-corrected chi connectivity index (χ4v) is 1.48. The molecular weight excluding hydrogens is 216 g/mol. The number of rotatable bonds is 7. The summed E-state index contributed by atoms with van der Waals surface area (Å²) in [5, 5.41) is 3.21. The summed E-state index contributed by atoms with van der Waals surface area (Å²) in [6, 6.07) is 1.94. The fraction of sp³-hybridized carbons (Fsp3) is 0.667. The highest BCUT2D eigenvalue weighted by atomic mass is 16.5. The summed E-state index contributed by atoms with van der Waals surface area (Å²) in [6.07, 6.45) is 0.850. The lowest BCUT2D eigenvalue weighted by Gasteiger charge is -2.11. The molecule has 96 valence electrons. The van der Waals surface area contributed by atoms with E-state index in [-0.39, 0.29) is 0 Å². The summed E-state index contributed by atoms with van der Waals surface area (Å²) in [4.78, 5) is 11.1. The number of hydrogen-bond acceptors (Lipinski definition) is 5. The number of nitrogens with zero attached hydrogens (tertiary/aromatic N) is 3. The summed E-state index contributed by atoms with van der Waals surface area (Å²) in [5.41, 5.74) is 0.923. The van der Waals surface area contributed by atoms with E-state index in [9.17, 15) is 0 Å². The van der Waals surface area contributed by atoms with Gasteiger partial charge < -0.3 is 15.0 Å². The van der Waals surface area contributed by atoms with Crippen LogP contribution in [0.1, 0.15) is 18.4 Å². The average Bonchev–Trinajstić information content (AvgIpc) is 2.27. The first-order valence-corrected chi connectivity index (χ1v) is 5.90. The zero-order chi connectivity index (χ0) is 12.7. The van der Waals surface area contributed by atoms with Gasteiger partial charge in [0, 0.05) is 32.7 Å². The Bertz CT molecular complexity index is 317. The Morgan fingerprint density at radius 2 is 2.12 bits per heavy atom. The molecule has 1 N–H and O–H groups in total. The lowest BCUT2D eigenvalue weighted by molar-refractivity contribution is 0.181. The van der Waals surface area contributed by atoms with Gasteiger partial charge in [-0.05, 0) is 21.0 Å². The second kappa shape index (κ2) is 7.19. The van der Waals surface area contributed by atoms with Gasteiger partial charge in [0.1, 0.15) is 11.6 Å². The second-order valence-corrected chi connectivity index (χ2v) is 4.18. The Morgan fingerprint density at radius 1 is 1.35 bits per heavy atom. The van der Waals surface area contributed by atoms with Crippen molar-refractivity contribution in [2.75, 3.05) is 39.6 Å². The van der Waals surface area contributed by atoms with Crippen molar-refractivity contribution in [2.45, 2.75) is 20.0 Å². The van der Waals surface area contributed by atoms with E-state index in [1.807, 2.05) is 20.2 Å². The molecule has 0 aromatic carbocycles. The Hall–Kier alpha value is -1.20. The molecule has 17 heavy (non-hydrogen) atoms. The third kappa shape index (κ3) is 5.10. The summed E-state index contributed by atoms with van der Waals surface area (Å²) in [5.74, 6) is 1.74. The molecule has 0 radical (unpaired) electrons. The molecule has 0 fully saturated rings. The molecule has 1 aromatic heterocycles. The summed E-state index contributed by atoms with van der Waals surface area (Å²) < 4.78 is 5.11. The Kier molecular flexibility index (Phi) is 5.86. The van der Waals surface area contributed by atoms with Gasteiger partial charge in [0.05, 0.1) is 12.3 Å². The molecule has 5 nitrogen and oxygen atoms in total. The van der Waals surface area contributed by atoms with Crippen molar-refractivity contribution in [2.24, 2.45) is 0 Å². The first-order chi connectivity index (χ1) is 8.15. The van der Waals surface area contributed by atoms with Crippen LogP contribution >= 0.6 is 0 Å². The predicted octanol–water partition coefficient (Wildman–Crippen LogP) is 1.16. The molecular formula is C12H22N4O. The van der Waals surface area contributed by atoms with Crippen LogP contribution in [0.4, 0.5) is 5.82 Å². The molecule has 0 spiro atoms. The lowest BCUT2D eigenvalue weighted by atomic mass is 10.3. The standard InChI is InChI=1S/C12H22N4O/c1-5-13-12-8-10(9-17-4)14-11(15-12)6-7-16(2)3/h8H,5-7,9H2,1-4H3,(H,13,14,15). The van der Waals surface area contributed by atoms with Gasteiger partial charge in [-0.2, -0.15) is 0 Å². The number of aromatic nitrogens is 2. The monoisotopic (exact) mass is 238 g/mol. The van der Waals surface area contributed by atoms with Crippen LogP contribution in [0.25, 0.3) is 0 Å². The zero-order valence-corrected chi connectivity index (χ0v) is 11.2. The number of likely N-dealkylation sites (N-methyl/N-ethyl adjacent to an activating group) is 1. The molecule has 0 saturated carbocycles. The normalized spacial score (nSPS) is 10.9. The van der Waals surface area contributed by atoms with Crippen molar-refractivity contribution in [3.8, 4) is 0 Å². The fourth-order valence-electron chi connectivity index (χ4n) is 1.48. The van der Waals surface area contributed by atoms with Crippen molar-refractivity contribution in [1.29, 1.82) is 0 Å². The van der Waals surface area contributed by atoms with E-state index >= 15 is 0 Å². The molecule has 1 heterocycles. The van der Waals surface area contributed by atoms with Gasteiger partial charge in [-0.1, -0.05) is 0 Å². The first kappa shape index (κ1) is 13.9. The number of nitrogens with one attached hydrogen (secondary N) is 1. The SMILES string of the molecule is CCNc1cc(COC)nc(CCN(C)C)n1. The van der Waals surface area contributed by atoms with Crippen LogP contribution in [0.15, 0.2) is 6.07 Å². The largest absolute Gasteiger partial charge is 0.378 e. The summed E-state index contributed by atoms with van der Waals surface area (Å²) >= 11 is 0. The van der Waals surface area contributed by atoms with Crippen LogP contribution in [-0.2, 0) is 17.8 Å². The van der Waals surface area contributed by atoms with E-state index in [1.54, 1.807) is 7.11 Å². The highest BCUT2D eigenvalue weighted by Gasteiger charge is 2.04. The molecule has 0 atom stereocenters. The minimum atomic E-state index is 0.524. The maximum absolute atomic E-state index is 5.11. The van der Waals surface area contributed by atoms with Crippen molar-refractivity contribution in [3.05, 3.63) is 17.6 Å². The second-order valence-electron chi connectivity index (χ2n) is 4.18. The average molecular weight is 238 g/mol. The molecule has 0 aliphatic rings. The van der Waals surface area contributed by atoms with Gasteiger partial charge in [0.15, 0.2) is 0 Å². The van der Waals surface area contributed by atoms with Gasteiger partial charge in [-0.3, -0.25) is 0 Å². The number of hydrogen-bond donors (Lipinski definition) is 1. The third-order valence-corrected chi connectivity index (χ3v) is 2.26. The van der Waals surface area contributed by atoms with Gasteiger partial charge in [-0.15, -0.1) is 0 Å². The van der Waals surface area contributed by atoms with Gasteiger partial charge in [0.2, 0.25) is 0 Å². The molecule has 0 unspecified atom stereocenters. The summed E-state index contributed by atoms with van der Waals surface area (Å²) in [7, 11) is 5.77. The van der Waals surface area contributed by atoms with E-state index in [0.29, 0.717) is 6.61 Å². The Balaban J connectivity index is 2.79.